The first kappa shape index (κ1) is 13.1. The largest absolute Gasteiger partial charge is 0.458 e. The molecule has 2 rings (SSSR count). The molecule has 98 valence electrons. The molecule has 0 spiro atoms. The van der Waals surface area contributed by atoms with Crippen molar-refractivity contribution in [2.45, 2.75) is 45.8 Å². The summed E-state index contributed by atoms with van der Waals surface area (Å²) in [6.45, 7) is 5.45. The number of hydrogen-bond donors (Lipinski definition) is 2. The van der Waals surface area contributed by atoms with Crippen LogP contribution in [0.5, 0.6) is 0 Å². The predicted molar refractivity (Wildman–Crippen MR) is 71.4 cm³/mol. The van der Waals surface area contributed by atoms with Crippen LogP contribution in [0, 0.1) is 0 Å². The summed E-state index contributed by atoms with van der Waals surface area (Å²) in [5, 5.41) is 20.4. The Kier molecular flexibility index (Phi) is 3.46. The summed E-state index contributed by atoms with van der Waals surface area (Å²) in [6.07, 6.45) is 1.95. The number of furan rings is 1. The number of aryl methyl sites for hydroxylation is 1. The molecular formula is C15H20O3. The Bertz CT molecular complexity index is 547. The van der Waals surface area contributed by atoms with Crippen LogP contribution in [-0.2, 0) is 18.6 Å². The second-order valence-corrected chi connectivity index (χ2v) is 5.20. The maximum Gasteiger partial charge on any atom is 0.140 e. The highest BCUT2D eigenvalue weighted by Crippen LogP contribution is 2.31. The standard InChI is InChI=1S/C15H20O3/c1-4-5-10-6-7-11-8-13(15(2,3)17)18-14(11)12(10)9-16/h6-8,16-17H,4-5,9H2,1-3H3. The molecule has 0 aliphatic heterocycles. The second kappa shape index (κ2) is 4.75. The Balaban J connectivity index is 2.62. The van der Waals surface area contributed by atoms with Gasteiger partial charge in [0.1, 0.15) is 16.9 Å². The van der Waals surface area contributed by atoms with Gasteiger partial charge in [-0.3, -0.25) is 0 Å². The number of aliphatic hydroxyl groups excluding tert-OH is 1. The van der Waals surface area contributed by atoms with E-state index in [9.17, 15) is 10.2 Å². The van der Waals surface area contributed by atoms with E-state index in [1.54, 1.807) is 13.8 Å². The van der Waals surface area contributed by atoms with Gasteiger partial charge in [0.05, 0.1) is 6.61 Å². The van der Waals surface area contributed by atoms with Crippen LogP contribution in [0.1, 0.15) is 44.1 Å². The molecular weight excluding hydrogens is 228 g/mol. The minimum absolute atomic E-state index is 0.0362. The van der Waals surface area contributed by atoms with E-state index in [1.807, 2.05) is 18.2 Å². The maximum absolute atomic E-state index is 9.97. The Morgan fingerprint density at radius 1 is 1.28 bits per heavy atom. The normalized spacial score (nSPS) is 12.3. The second-order valence-electron chi connectivity index (χ2n) is 5.20. The molecule has 3 heteroatoms. The molecule has 2 N–H and O–H groups in total. The van der Waals surface area contributed by atoms with Gasteiger partial charge >= 0.3 is 0 Å². The van der Waals surface area contributed by atoms with Crippen molar-refractivity contribution >= 4 is 11.0 Å². The van der Waals surface area contributed by atoms with Crippen molar-refractivity contribution in [3.05, 3.63) is 35.1 Å². The average molecular weight is 248 g/mol. The van der Waals surface area contributed by atoms with Gasteiger partial charge in [0.15, 0.2) is 0 Å². The summed E-state index contributed by atoms with van der Waals surface area (Å²) < 4.78 is 5.73. The Morgan fingerprint density at radius 3 is 2.56 bits per heavy atom. The van der Waals surface area contributed by atoms with E-state index in [0.717, 1.165) is 29.4 Å². The molecule has 0 saturated heterocycles. The van der Waals surface area contributed by atoms with E-state index in [1.165, 1.54) is 0 Å². The first-order valence-electron chi connectivity index (χ1n) is 6.35. The van der Waals surface area contributed by atoms with Crippen molar-refractivity contribution < 1.29 is 14.6 Å². The fourth-order valence-electron chi connectivity index (χ4n) is 2.18. The van der Waals surface area contributed by atoms with Crippen molar-refractivity contribution in [2.75, 3.05) is 0 Å². The average Bonchev–Trinajstić information content (AvgIpc) is 2.72. The molecule has 18 heavy (non-hydrogen) atoms. The number of benzene rings is 1. The fraction of sp³-hybridized carbons (Fsp3) is 0.467. The zero-order chi connectivity index (χ0) is 13.3. The predicted octanol–water partition coefficient (Wildman–Crippen LogP) is 3.11. The number of rotatable bonds is 4. The van der Waals surface area contributed by atoms with Gasteiger partial charge < -0.3 is 14.6 Å². The molecule has 1 heterocycles. The van der Waals surface area contributed by atoms with Gasteiger partial charge in [0.25, 0.3) is 0 Å². The highest BCUT2D eigenvalue weighted by atomic mass is 16.4. The van der Waals surface area contributed by atoms with Crippen LogP contribution in [0.25, 0.3) is 11.0 Å². The van der Waals surface area contributed by atoms with E-state index >= 15 is 0 Å². The molecule has 3 nitrogen and oxygen atoms in total. The molecule has 0 aliphatic carbocycles. The molecule has 0 amide bonds. The zero-order valence-corrected chi connectivity index (χ0v) is 11.2. The molecule has 2 aromatic rings. The van der Waals surface area contributed by atoms with Gasteiger partial charge in [-0.1, -0.05) is 25.5 Å². The van der Waals surface area contributed by atoms with Crippen molar-refractivity contribution in [1.29, 1.82) is 0 Å². The van der Waals surface area contributed by atoms with Gasteiger partial charge in [-0.25, -0.2) is 0 Å². The third kappa shape index (κ3) is 2.28. The maximum atomic E-state index is 9.97. The zero-order valence-electron chi connectivity index (χ0n) is 11.2. The van der Waals surface area contributed by atoms with Crippen LogP contribution in [0.3, 0.4) is 0 Å². The molecule has 0 radical (unpaired) electrons. The van der Waals surface area contributed by atoms with Gasteiger partial charge in [-0.15, -0.1) is 0 Å². The monoisotopic (exact) mass is 248 g/mol. The van der Waals surface area contributed by atoms with Gasteiger partial charge in [-0.2, -0.15) is 0 Å². The van der Waals surface area contributed by atoms with E-state index < -0.39 is 5.60 Å². The van der Waals surface area contributed by atoms with Crippen molar-refractivity contribution in [2.24, 2.45) is 0 Å². The van der Waals surface area contributed by atoms with Crippen LogP contribution in [0.4, 0.5) is 0 Å². The van der Waals surface area contributed by atoms with Crippen LogP contribution in [-0.4, -0.2) is 10.2 Å². The molecule has 0 unspecified atom stereocenters. The van der Waals surface area contributed by atoms with Gasteiger partial charge in [0, 0.05) is 10.9 Å². The lowest BCUT2D eigenvalue weighted by atomic mass is 10.0. The SMILES string of the molecule is CCCc1ccc2cc(C(C)(C)O)oc2c1CO. The first-order chi connectivity index (χ1) is 8.47. The van der Waals surface area contributed by atoms with Crippen LogP contribution in [0.2, 0.25) is 0 Å². The van der Waals surface area contributed by atoms with E-state index in [0.29, 0.717) is 11.3 Å². The molecule has 1 aromatic heterocycles. The topological polar surface area (TPSA) is 53.6 Å². The first-order valence-corrected chi connectivity index (χ1v) is 6.35. The van der Waals surface area contributed by atoms with Crippen LogP contribution in [0.15, 0.2) is 22.6 Å². The quantitative estimate of drug-likeness (QED) is 0.874. The number of aliphatic hydroxyl groups is 2. The lowest BCUT2D eigenvalue weighted by Gasteiger charge is -2.12. The Hall–Kier alpha value is -1.32. The van der Waals surface area contributed by atoms with Crippen molar-refractivity contribution in [3.8, 4) is 0 Å². The van der Waals surface area contributed by atoms with Gasteiger partial charge in [0.2, 0.25) is 0 Å². The number of hydrogen-bond acceptors (Lipinski definition) is 3. The smallest absolute Gasteiger partial charge is 0.140 e. The van der Waals surface area contributed by atoms with Crippen molar-refractivity contribution in [1.82, 2.24) is 0 Å². The molecule has 1 aromatic carbocycles. The molecule has 0 bridgehead atoms. The van der Waals surface area contributed by atoms with E-state index in [-0.39, 0.29) is 6.61 Å². The highest BCUT2D eigenvalue weighted by molar-refractivity contribution is 5.82. The molecule has 0 fully saturated rings. The third-order valence-electron chi connectivity index (χ3n) is 3.17. The summed E-state index contributed by atoms with van der Waals surface area (Å²) in [7, 11) is 0. The molecule has 0 aliphatic rings. The minimum Gasteiger partial charge on any atom is -0.458 e. The third-order valence-corrected chi connectivity index (χ3v) is 3.17. The van der Waals surface area contributed by atoms with E-state index in [2.05, 4.69) is 6.92 Å². The van der Waals surface area contributed by atoms with Crippen molar-refractivity contribution in [3.63, 3.8) is 0 Å². The Labute approximate surface area is 107 Å². The summed E-state index contributed by atoms with van der Waals surface area (Å²) >= 11 is 0. The molecule has 0 atom stereocenters. The van der Waals surface area contributed by atoms with E-state index in [4.69, 9.17) is 4.42 Å². The van der Waals surface area contributed by atoms with Gasteiger partial charge in [-0.05, 0) is 31.9 Å². The Morgan fingerprint density at radius 2 is 2.00 bits per heavy atom. The summed E-state index contributed by atoms with van der Waals surface area (Å²) in [5.74, 6) is 0.529. The lowest BCUT2D eigenvalue weighted by Crippen LogP contribution is -2.13. The summed E-state index contributed by atoms with van der Waals surface area (Å²) in [5.41, 5.74) is 1.64. The lowest BCUT2D eigenvalue weighted by molar-refractivity contribution is 0.0557. The minimum atomic E-state index is -1.00. The molecule has 0 saturated carbocycles. The number of fused-ring (bicyclic) bond motifs is 1. The summed E-state index contributed by atoms with van der Waals surface area (Å²) in [6, 6.07) is 5.85. The van der Waals surface area contributed by atoms with Crippen LogP contribution >= 0.6 is 0 Å². The fourth-order valence-corrected chi connectivity index (χ4v) is 2.18. The highest BCUT2D eigenvalue weighted by Gasteiger charge is 2.22. The van der Waals surface area contributed by atoms with Crippen LogP contribution < -0.4 is 0 Å². The summed E-state index contributed by atoms with van der Waals surface area (Å²) in [4.78, 5) is 0.